The molecule has 0 spiro atoms. The lowest BCUT2D eigenvalue weighted by Crippen LogP contribution is -2.55. The van der Waals surface area contributed by atoms with Gasteiger partial charge in [-0.3, -0.25) is 19.3 Å². The van der Waals surface area contributed by atoms with Gasteiger partial charge in [-0.25, -0.2) is 9.69 Å². The number of carbonyl (C=O) groups is 4. The monoisotopic (exact) mass is 557 g/mol. The molecule has 5 amide bonds. The van der Waals surface area contributed by atoms with Crippen LogP contribution in [0.5, 0.6) is 5.75 Å². The number of hydrogen-bond acceptors (Lipinski definition) is 5. The van der Waals surface area contributed by atoms with Crippen molar-refractivity contribution in [2.45, 2.75) is 31.8 Å². The summed E-state index contributed by atoms with van der Waals surface area (Å²) in [6, 6.07) is 19.8. The van der Waals surface area contributed by atoms with Gasteiger partial charge >= 0.3 is 6.03 Å². The van der Waals surface area contributed by atoms with Gasteiger partial charge in [-0.1, -0.05) is 53.6 Å². The van der Waals surface area contributed by atoms with Crippen LogP contribution in [-0.2, 0) is 20.8 Å². The number of anilines is 1. The number of rotatable bonds is 6. The summed E-state index contributed by atoms with van der Waals surface area (Å²) in [6.45, 7) is 3.88. The number of benzene rings is 3. The molecule has 204 valence electrons. The number of ether oxygens (including phenoxy) is 1. The first-order valence-corrected chi connectivity index (χ1v) is 13.6. The Bertz CT molecular complexity index is 1520. The molecule has 0 radical (unpaired) electrons. The topological polar surface area (TPSA) is 87.2 Å². The highest BCUT2D eigenvalue weighted by molar-refractivity contribution is 6.30. The second-order valence-electron chi connectivity index (χ2n) is 10.5. The fourth-order valence-electron chi connectivity index (χ4n) is 6.62. The maximum absolute atomic E-state index is 14.7. The van der Waals surface area contributed by atoms with E-state index in [0.29, 0.717) is 22.0 Å². The minimum Gasteiger partial charge on any atom is -0.497 e. The number of carbonyl (C=O) groups excluding carboxylic acids is 4. The zero-order chi connectivity index (χ0) is 28.3. The van der Waals surface area contributed by atoms with Crippen molar-refractivity contribution in [3.63, 3.8) is 0 Å². The molecule has 40 heavy (non-hydrogen) atoms. The van der Waals surface area contributed by atoms with Gasteiger partial charge in [0, 0.05) is 18.0 Å². The van der Waals surface area contributed by atoms with Crippen LogP contribution in [0.25, 0.3) is 0 Å². The van der Waals surface area contributed by atoms with Gasteiger partial charge in [0.2, 0.25) is 11.8 Å². The molecular weight excluding hydrogens is 530 g/mol. The third-order valence-corrected chi connectivity index (χ3v) is 8.68. The first-order chi connectivity index (χ1) is 19.2. The Morgan fingerprint density at radius 2 is 1.52 bits per heavy atom. The Labute approximate surface area is 237 Å². The van der Waals surface area contributed by atoms with Gasteiger partial charge in [-0.2, -0.15) is 0 Å². The molecule has 0 aromatic heterocycles. The van der Waals surface area contributed by atoms with E-state index in [1.54, 1.807) is 55.5 Å². The van der Waals surface area contributed by atoms with Crippen LogP contribution < -0.4 is 9.64 Å². The standard InChI is InChI=1S/C31H28ClN3O5/c1-4-33-27(36)24-25(28(33)37)31(17-19-7-11-21(32)12-8-19)29(38)34(22-13-15-23(40-3)16-14-22)30(39)35(31)26(24)20-9-5-18(2)6-10-20/h5-16,24-26H,4,17H2,1-3H3/t24?,25?,26?,31-/m1/s1. The van der Waals surface area contributed by atoms with E-state index in [0.717, 1.165) is 16.0 Å². The second kappa shape index (κ2) is 9.48. The molecule has 3 aliphatic heterocycles. The van der Waals surface area contributed by atoms with Gasteiger partial charge in [-0.15, -0.1) is 0 Å². The highest BCUT2D eigenvalue weighted by Gasteiger charge is 2.77. The van der Waals surface area contributed by atoms with Gasteiger partial charge in [0.15, 0.2) is 0 Å². The summed E-state index contributed by atoms with van der Waals surface area (Å²) in [6.07, 6.45) is 0.0570. The van der Waals surface area contributed by atoms with Crippen molar-refractivity contribution >= 4 is 41.0 Å². The molecule has 0 aliphatic carbocycles. The summed E-state index contributed by atoms with van der Waals surface area (Å²) >= 11 is 6.15. The van der Waals surface area contributed by atoms with Gasteiger partial charge in [-0.05, 0) is 61.4 Å². The highest BCUT2D eigenvalue weighted by Crippen LogP contribution is 2.59. The quantitative estimate of drug-likeness (QED) is 0.321. The SMILES string of the molecule is CCN1C(=O)C2C(c3ccc(C)cc3)N3C(=O)N(c4ccc(OC)cc4)C(=O)[C@@]3(Cc3ccc(Cl)cc3)C2C1=O. The number of urea groups is 1. The normalized spacial score (nSPS) is 25.6. The number of methoxy groups -OCH3 is 1. The van der Waals surface area contributed by atoms with Gasteiger partial charge in [0.1, 0.15) is 11.3 Å². The lowest BCUT2D eigenvalue weighted by Gasteiger charge is -2.35. The summed E-state index contributed by atoms with van der Waals surface area (Å²) in [5.41, 5.74) is 1.20. The molecule has 4 atom stereocenters. The fraction of sp³-hybridized carbons (Fsp3) is 0.290. The van der Waals surface area contributed by atoms with Gasteiger partial charge < -0.3 is 9.64 Å². The number of aryl methyl sites for hydroxylation is 1. The number of halogens is 1. The van der Waals surface area contributed by atoms with Crippen LogP contribution in [0.15, 0.2) is 72.8 Å². The molecule has 3 saturated heterocycles. The Balaban J connectivity index is 1.59. The van der Waals surface area contributed by atoms with E-state index in [1.165, 1.54) is 16.9 Å². The number of hydrogen-bond donors (Lipinski definition) is 0. The van der Waals surface area contributed by atoms with Gasteiger partial charge in [0.25, 0.3) is 5.91 Å². The molecule has 3 aromatic rings. The van der Waals surface area contributed by atoms with E-state index in [-0.39, 0.29) is 18.9 Å². The van der Waals surface area contributed by atoms with E-state index in [2.05, 4.69) is 0 Å². The first kappa shape index (κ1) is 26.1. The van der Waals surface area contributed by atoms with E-state index < -0.39 is 41.3 Å². The molecule has 3 fully saturated rings. The van der Waals surface area contributed by atoms with Crippen LogP contribution in [0.4, 0.5) is 10.5 Å². The van der Waals surface area contributed by atoms with E-state index in [9.17, 15) is 19.2 Å². The number of likely N-dealkylation sites (tertiary alicyclic amines) is 1. The van der Waals surface area contributed by atoms with Crippen molar-refractivity contribution in [1.29, 1.82) is 0 Å². The summed E-state index contributed by atoms with van der Waals surface area (Å²) < 4.78 is 5.26. The number of amides is 5. The molecule has 6 rings (SSSR count). The smallest absolute Gasteiger partial charge is 0.332 e. The van der Waals surface area contributed by atoms with Crippen molar-refractivity contribution in [3.05, 3.63) is 94.5 Å². The highest BCUT2D eigenvalue weighted by atomic mass is 35.5. The fourth-order valence-corrected chi connectivity index (χ4v) is 6.74. The number of fused-ring (bicyclic) bond motifs is 3. The van der Waals surface area contributed by atoms with Crippen LogP contribution >= 0.6 is 11.6 Å². The predicted octanol–water partition coefficient (Wildman–Crippen LogP) is 4.78. The predicted molar refractivity (Wildman–Crippen MR) is 149 cm³/mol. The summed E-state index contributed by atoms with van der Waals surface area (Å²) in [5.74, 6) is -2.66. The molecule has 3 aromatic carbocycles. The molecule has 3 heterocycles. The van der Waals surface area contributed by atoms with Crippen molar-refractivity contribution in [1.82, 2.24) is 9.80 Å². The van der Waals surface area contributed by atoms with Crippen molar-refractivity contribution in [2.24, 2.45) is 11.8 Å². The lowest BCUT2D eigenvalue weighted by molar-refractivity contribution is -0.144. The number of imide groups is 2. The van der Waals surface area contributed by atoms with Crippen LogP contribution in [0.2, 0.25) is 5.02 Å². The molecule has 0 bridgehead atoms. The molecular formula is C31H28ClN3O5. The number of nitrogens with zero attached hydrogens (tertiary/aromatic N) is 3. The Hall–Kier alpha value is -4.17. The summed E-state index contributed by atoms with van der Waals surface area (Å²) in [4.78, 5) is 60.7. The molecule has 0 N–H and O–H groups in total. The average molecular weight is 558 g/mol. The molecule has 8 nitrogen and oxygen atoms in total. The van der Waals surface area contributed by atoms with E-state index >= 15 is 0 Å². The molecule has 9 heteroatoms. The van der Waals surface area contributed by atoms with Crippen LogP contribution in [-0.4, -0.2) is 52.7 Å². The maximum atomic E-state index is 14.7. The third-order valence-electron chi connectivity index (χ3n) is 8.43. The minimum absolute atomic E-state index is 0.0570. The molecule has 3 aliphatic rings. The zero-order valence-electron chi connectivity index (χ0n) is 22.3. The zero-order valence-corrected chi connectivity index (χ0v) is 23.1. The average Bonchev–Trinajstić information content (AvgIpc) is 3.48. The Kier molecular flexibility index (Phi) is 6.18. The van der Waals surface area contributed by atoms with Crippen LogP contribution in [0, 0.1) is 18.8 Å². The maximum Gasteiger partial charge on any atom is 0.332 e. The van der Waals surface area contributed by atoms with Gasteiger partial charge in [0.05, 0.1) is 30.7 Å². The van der Waals surface area contributed by atoms with Crippen LogP contribution in [0.1, 0.15) is 29.7 Å². The van der Waals surface area contributed by atoms with Crippen molar-refractivity contribution < 1.29 is 23.9 Å². The summed E-state index contributed by atoms with van der Waals surface area (Å²) in [7, 11) is 1.53. The van der Waals surface area contributed by atoms with E-state index in [4.69, 9.17) is 16.3 Å². The van der Waals surface area contributed by atoms with E-state index in [1.807, 2.05) is 31.2 Å². The largest absolute Gasteiger partial charge is 0.497 e. The van der Waals surface area contributed by atoms with Crippen LogP contribution in [0.3, 0.4) is 0 Å². The Morgan fingerprint density at radius 3 is 2.12 bits per heavy atom. The third kappa shape index (κ3) is 3.59. The van der Waals surface area contributed by atoms with Crippen molar-refractivity contribution in [2.75, 3.05) is 18.6 Å². The Morgan fingerprint density at radius 1 is 0.875 bits per heavy atom. The lowest BCUT2D eigenvalue weighted by atomic mass is 9.75. The second-order valence-corrected chi connectivity index (χ2v) is 10.9. The summed E-state index contributed by atoms with van der Waals surface area (Å²) in [5, 5.41) is 0.526. The minimum atomic E-state index is -1.61. The molecule has 3 unspecified atom stereocenters. The van der Waals surface area contributed by atoms with Crippen molar-refractivity contribution in [3.8, 4) is 5.75 Å². The first-order valence-electron chi connectivity index (χ1n) is 13.2. The molecule has 0 saturated carbocycles.